The van der Waals surface area contributed by atoms with Crippen LogP contribution in [0.5, 0.6) is 0 Å². The number of carbonyl (C=O) groups is 2. The van der Waals surface area contributed by atoms with Crippen molar-refractivity contribution in [3.8, 4) is 0 Å². The van der Waals surface area contributed by atoms with E-state index >= 15 is 0 Å². The number of amides is 2. The third-order valence-corrected chi connectivity index (χ3v) is 3.87. The molecule has 4 heteroatoms. The molecule has 22 heavy (non-hydrogen) atoms. The Labute approximate surface area is 135 Å². The van der Waals surface area contributed by atoms with E-state index in [0.717, 1.165) is 19.4 Å². The molecule has 2 amide bonds. The van der Waals surface area contributed by atoms with Crippen molar-refractivity contribution in [2.45, 2.75) is 40.5 Å². The molecule has 0 spiro atoms. The zero-order valence-corrected chi connectivity index (χ0v) is 15.1. The van der Waals surface area contributed by atoms with Gasteiger partial charge in [0.25, 0.3) is 0 Å². The molecule has 0 aromatic rings. The fourth-order valence-corrected chi connectivity index (χ4v) is 2.72. The van der Waals surface area contributed by atoms with Crippen LogP contribution in [0.25, 0.3) is 0 Å². The summed E-state index contributed by atoms with van der Waals surface area (Å²) in [5, 5.41) is 0. The highest BCUT2D eigenvalue weighted by atomic mass is 16.2. The van der Waals surface area contributed by atoms with Crippen molar-refractivity contribution in [2.75, 3.05) is 27.2 Å². The summed E-state index contributed by atoms with van der Waals surface area (Å²) in [4.78, 5) is 26.8. The van der Waals surface area contributed by atoms with E-state index in [0.29, 0.717) is 18.0 Å². The summed E-state index contributed by atoms with van der Waals surface area (Å²) in [6, 6.07) is 0. The second-order valence-corrected chi connectivity index (χ2v) is 7.15. The van der Waals surface area contributed by atoms with Gasteiger partial charge in [0.05, 0.1) is 0 Å². The van der Waals surface area contributed by atoms with E-state index in [1.807, 2.05) is 7.05 Å². The molecule has 0 heterocycles. The average Bonchev–Trinajstić information content (AvgIpc) is 2.41. The molecule has 0 saturated carbocycles. The smallest absolute Gasteiger partial charge is 0.248 e. The molecular weight excluding hydrogens is 276 g/mol. The molecule has 0 aliphatic carbocycles. The third kappa shape index (κ3) is 7.43. The largest absolute Gasteiger partial charge is 0.342 e. The summed E-state index contributed by atoms with van der Waals surface area (Å²) in [5.74, 6) is 0.350. The lowest BCUT2D eigenvalue weighted by Crippen LogP contribution is -2.33. The molecule has 0 rings (SSSR count). The van der Waals surface area contributed by atoms with Gasteiger partial charge in [0, 0.05) is 32.8 Å². The van der Waals surface area contributed by atoms with Gasteiger partial charge in [0.2, 0.25) is 11.8 Å². The van der Waals surface area contributed by atoms with Gasteiger partial charge in [-0.15, -0.1) is 0 Å². The molecule has 0 fully saturated rings. The standard InChI is InChI=1S/C18H32N2O2/c1-9-16(21)20(8)13-15(4)12-18(5,6)10-11-19(7)17(22)14(2)3/h9,15H,1-2,10-13H2,3-8H3. The first-order chi connectivity index (χ1) is 10.00. The second kappa shape index (κ2) is 8.76. The summed E-state index contributed by atoms with van der Waals surface area (Å²) >= 11 is 0. The molecule has 0 radical (unpaired) electrons. The minimum Gasteiger partial charge on any atom is -0.342 e. The Morgan fingerprint density at radius 2 is 1.77 bits per heavy atom. The first-order valence-corrected chi connectivity index (χ1v) is 7.78. The summed E-state index contributed by atoms with van der Waals surface area (Å²) in [5.41, 5.74) is 0.680. The summed E-state index contributed by atoms with van der Waals surface area (Å²) in [6.45, 7) is 16.9. The van der Waals surface area contributed by atoms with Gasteiger partial charge >= 0.3 is 0 Å². The highest BCUT2D eigenvalue weighted by molar-refractivity contribution is 5.91. The van der Waals surface area contributed by atoms with E-state index in [4.69, 9.17) is 0 Å². The SMILES string of the molecule is C=CC(=O)N(C)CC(C)CC(C)(C)CCN(C)C(=O)C(=C)C. The fraction of sp³-hybridized carbons (Fsp3) is 0.667. The third-order valence-electron chi connectivity index (χ3n) is 3.87. The number of likely N-dealkylation sites (N-methyl/N-ethyl adjacent to an activating group) is 2. The van der Waals surface area contributed by atoms with Crippen molar-refractivity contribution in [1.29, 1.82) is 0 Å². The molecular formula is C18H32N2O2. The van der Waals surface area contributed by atoms with Crippen molar-refractivity contribution in [2.24, 2.45) is 11.3 Å². The maximum atomic E-state index is 11.8. The number of carbonyl (C=O) groups excluding carboxylic acids is 2. The van der Waals surface area contributed by atoms with E-state index in [9.17, 15) is 9.59 Å². The van der Waals surface area contributed by atoms with Crippen LogP contribution < -0.4 is 0 Å². The molecule has 0 aliphatic rings. The molecule has 0 aromatic carbocycles. The van der Waals surface area contributed by atoms with Crippen LogP contribution in [0.1, 0.15) is 40.5 Å². The van der Waals surface area contributed by atoms with Crippen molar-refractivity contribution < 1.29 is 9.59 Å². The van der Waals surface area contributed by atoms with E-state index in [-0.39, 0.29) is 17.2 Å². The van der Waals surface area contributed by atoms with Gasteiger partial charge in [0.1, 0.15) is 0 Å². The number of nitrogens with zero attached hydrogens (tertiary/aromatic N) is 2. The minimum atomic E-state index is -0.0450. The van der Waals surface area contributed by atoms with Crippen LogP contribution in [0.3, 0.4) is 0 Å². The monoisotopic (exact) mass is 308 g/mol. The van der Waals surface area contributed by atoms with Crippen LogP contribution in [0.4, 0.5) is 0 Å². The van der Waals surface area contributed by atoms with Crippen LogP contribution in [-0.2, 0) is 9.59 Å². The van der Waals surface area contributed by atoms with Crippen LogP contribution >= 0.6 is 0 Å². The van der Waals surface area contributed by atoms with Gasteiger partial charge in [-0.05, 0) is 37.2 Å². The van der Waals surface area contributed by atoms with Crippen molar-refractivity contribution in [3.05, 3.63) is 24.8 Å². The topological polar surface area (TPSA) is 40.6 Å². The normalized spacial score (nSPS) is 12.5. The molecule has 0 saturated heterocycles. The van der Waals surface area contributed by atoms with Gasteiger partial charge < -0.3 is 9.80 Å². The second-order valence-electron chi connectivity index (χ2n) is 7.15. The molecule has 4 nitrogen and oxygen atoms in total. The molecule has 0 N–H and O–H groups in total. The lowest BCUT2D eigenvalue weighted by molar-refractivity contribution is -0.126. The first kappa shape index (κ1) is 20.4. The fourth-order valence-electron chi connectivity index (χ4n) is 2.72. The minimum absolute atomic E-state index is 0.000150. The van der Waals surface area contributed by atoms with Crippen LogP contribution in [-0.4, -0.2) is 48.8 Å². The predicted molar refractivity (Wildman–Crippen MR) is 92.5 cm³/mol. The van der Waals surface area contributed by atoms with Gasteiger partial charge in [-0.3, -0.25) is 9.59 Å². The first-order valence-electron chi connectivity index (χ1n) is 7.78. The number of hydrogen-bond acceptors (Lipinski definition) is 2. The van der Waals surface area contributed by atoms with Gasteiger partial charge in [-0.25, -0.2) is 0 Å². The van der Waals surface area contributed by atoms with Crippen molar-refractivity contribution >= 4 is 11.8 Å². The van der Waals surface area contributed by atoms with Crippen LogP contribution in [0.2, 0.25) is 0 Å². The number of rotatable bonds is 9. The zero-order valence-electron chi connectivity index (χ0n) is 15.1. The molecule has 126 valence electrons. The maximum absolute atomic E-state index is 11.8. The molecule has 0 bridgehead atoms. The Hall–Kier alpha value is -1.58. The Morgan fingerprint density at radius 1 is 1.23 bits per heavy atom. The quantitative estimate of drug-likeness (QED) is 0.614. The van der Waals surface area contributed by atoms with Gasteiger partial charge in [-0.2, -0.15) is 0 Å². The Bertz CT molecular complexity index is 427. The van der Waals surface area contributed by atoms with Gasteiger partial charge in [-0.1, -0.05) is 33.9 Å². The van der Waals surface area contributed by atoms with Crippen LogP contribution in [0, 0.1) is 11.3 Å². The van der Waals surface area contributed by atoms with Crippen molar-refractivity contribution in [3.63, 3.8) is 0 Å². The van der Waals surface area contributed by atoms with Crippen molar-refractivity contribution in [1.82, 2.24) is 9.80 Å². The highest BCUT2D eigenvalue weighted by Gasteiger charge is 2.23. The van der Waals surface area contributed by atoms with Gasteiger partial charge in [0.15, 0.2) is 0 Å². The van der Waals surface area contributed by atoms with Crippen LogP contribution in [0.15, 0.2) is 24.8 Å². The zero-order chi connectivity index (χ0) is 17.5. The Morgan fingerprint density at radius 3 is 2.23 bits per heavy atom. The lowest BCUT2D eigenvalue weighted by Gasteiger charge is -2.31. The highest BCUT2D eigenvalue weighted by Crippen LogP contribution is 2.29. The molecule has 0 aliphatic heterocycles. The van der Waals surface area contributed by atoms with E-state index in [2.05, 4.69) is 33.9 Å². The summed E-state index contributed by atoms with van der Waals surface area (Å²) in [7, 11) is 3.61. The van der Waals surface area contributed by atoms with E-state index < -0.39 is 0 Å². The Kier molecular flexibility index (Phi) is 8.13. The molecule has 0 aromatic heterocycles. The molecule has 1 atom stereocenters. The predicted octanol–water partition coefficient (Wildman–Crippen LogP) is 3.11. The average molecular weight is 308 g/mol. The Balaban J connectivity index is 4.39. The maximum Gasteiger partial charge on any atom is 0.248 e. The molecule has 1 unspecified atom stereocenters. The van der Waals surface area contributed by atoms with E-state index in [1.165, 1.54) is 6.08 Å². The van der Waals surface area contributed by atoms with E-state index in [1.54, 1.807) is 23.8 Å². The summed E-state index contributed by atoms with van der Waals surface area (Å²) < 4.78 is 0. The summed E-state index contributed by atoms with van der Waals surface area (Å²) in [6.07, 6.45) is 3.26. The lowest BCUT2D eigenvalue weighted by atomic mass is 9.80. The number of hydrogen-bond donors (Lipinski definition) is 0.